The summed E-state index contributed by atoms with van der Waals surface area (Å²) in [4.78, 5) is 27.8. The van der Waals surface area contributed by atoms with E-state index in [2.05, 4.69) is 106 Å². The van der Waals surface area contributed by atoms with Crippen molar-refractivity contribution in [2.24, 2.45) is 0 Å². The number of nitriles is 3. The summed E-state index contributed by atoms with van der Waals surface area (Å²) in [5.41, 5.74) is 10.4. The second-order valence-corrected chi connectivity index (χ2v) is 13.5. The van der Waals surface area contributed by atoms with Crippen LogP contribution in [-0.4, -0.2) is 43.0 Å². The van der Waals surface area contributed by atoms with Gasteiger partial charge in [0.05, 0.1) is 34.9 Å². The molecule has 0 aliphatic rings. The van der Waals surface area contributed by atoms with Gasteiger partial charge in [-0.05, 0) is 130 Å². The van der Waals surface area contributed by atoms with E-state index in [1.807, 2.05) is 39.8 Å². The molecule has 0 spiro atoms. The highest BCUT2D eigenvalue weighted by Gasteiger charge is 2.14. The van der Waals surface area contributed by atoms with Crippen LogP contribution in [0, 0.1) is 68.6 Å². The fourth-order valence-corrected chi connectivity index (χ4v) is 6.14. The van der Waals surface area contributed by atoms with Crippen molar-refractivity contribution in [2.45, 2.75) is 41.0 Å². The molecule has 15 heteroatoms. The van der Waals surface area contributed by atoms with Crippen LogP contribution in [0.25, 0.3) is 5.57 Å². The summed E-state index contributed by atoms with van der Waals surface area (Å²) < 4.78 is 0. The highest BCUT2D eigenvalue weighted by atomic mass is 15.3. The van der Waals surface area contributed by atoms with Crippen molar-refractivity contribution in [2.75, 3.05) is 45.0 Å². The topological polar surface area (TPSA) is 221 Å². The molecule has 0 atom stereocenters. The number of aromatic nitrogens is 6. The van der Waals surface area contributed by atoms with Gasteiger partial charge in [0.25, 0.3) is 0 Å². The zero-order valence-electron chi connectivity index (χ0n) is 32.8. The third-order valence-electron chi connectivity index (χ3n) is 8.90. The number of allylic oxidation sites excluding steroid dienone is 1. The second-order valence-electron chi connectivity index (χ2n) is 13.5. The van der Waals surface area contributed by atoms with Gasteiger partial charge in [-0.25, -0.2) is 0 Å². The standard InChI is InChI=1S/C43H41N15/c1-25-18-26(2)36(27(3)19-25)51-42-55-38(53-40(57-42)49-34-12-8-31(23-45)9-13-34)47-16-7-17-48-39-54-41(50-35-14-10-32(24-46)11-15-35)58-43(56-39)52-37-28(4)20-33(21-29(37)5)30(6)22-44/h8-15,18-21H,6-7,16-17H2,1-5H3,(H3,47,49,51,53,55,57)(H3,48,50,52,54,56,58). The molecule has 6 aromatic rings. The molecule has 0 bridgehead atoms. The van der Waals surface area contributed by atoms with Crippen LogP contribution in [0.3, 0.4) is 0 Å². The summed E-state index contributed by atoms with van der Waals surface area (Å²) in [7, 11) is 0. The van der Waals surface area contributed by atoms with E-state index in [1.54, 1.807) is 48.5 Å². The number of hydrogen-bond acceptors (Lipinski definition) is 15. The SMILES string of the molecule is C=C(C#N)c1cc(C)c(Nc2nc(NCCCNc3nc(Nc4ccc(C#N)cc4)nc(Nc4c(C)cc(C)cc4C)n3)nc(Nc3ccc(C#N)cc3)n2)c(C)c1. The summed E-state index contributed by atoms with van der Waals surface area (Å²) in [6.45, 7) is 14.9. The first-order valence-electron chi connectivity index (χ1n) is 18.4. The van der Waals surface area contributed by atoms with Crippen molar-refractivity contribution in [3.05, 3.63) is 124 Å². The second kappa shape index (κ2) is 18.0. The maximum Gasteiger partial charge on any atom is 0.233 e. The highest BCUT2D eigenvalue weighted by molar-refractivity contribution is 5.78. The van der Waals surface area contributed by atoms with E-state index in [1.165, 1.54) is 5.56 Å². The van der Waals surface area contributed by atoms with E-state index in [0.29, 0.717) is 77.6 Å². The molecule has 0 saturated heterocycles. The first-order valence-corrected chi connectivity index (χ1v) is 18.4. The van der Waals surface area contributed by atoms with Gasteiger partial charge in [-0.1, -0.05) is 24.3 Å². The lowest BCUT2D eigenvalue weighted by atomic mass is 10.0. The minimum atomic E-state index is 0.291. The fourth-order valence-electron chi connectivity index (χ4n) is 6.14. The zero-order chi connectivity index (χ0) is 41.2. The van der Waals surface area contributed by atoms with E-state index in [9.17, 15) is 15.8 Å². The Balaban J connectivity index is 1.18. The van der Waals surface area contributed by atoms with E-state index in [0.717, 1.165) is 44.9 Å². The van der Waals surface area contributed by atoms with Crippen LogP contribution in [0.1, 0.15) is 50.9 Å². The number of rotatable bonds is 15. The lowest BCUT2D eigenvalue weighted by Gasteiger charge is -2.16. The van der Waals surface area contributed by atoms with Crippen LogP contribution in [0.5, 0.6) is 0 Å². The Hall–Kier alpha value is -8.09. The van der Waals surface area contributed by atoms with E-state index in [4.69, 9.17) is 0 Å². The summed E-state index contributed by atoms with van der Waals surface area (Å²) >= 11 is 0. The van der Waals surface area contributed by atoms with Crippen LogP contribution >= 0.6 is 0 Å². The third kappa shape index (κ3) is 10.2. The summed E-state index contributed by atoms with van der Waals surface area (Å²) in [6, 6.07) is 28.4. The first kappa shape index (κ1) is 39.6. The van der Waals surface area contributed by atoms with Gasteiger partial charge in [-0.3, -0.25) is 0 Å². The van der Waals surface area contributed by atoms with Crippen LogP contribution in [0.2, 0.25) is 0 Å². The van der Waals surface area contributed by atoms with Gasteiger partial charge < -0.3 is 31.9 Å². The molecule has 4 aromatic carbocycles. The number of nitrogens with zero attached hydrogens (tertiary/aromatic N) is 9. The molecule has 2 heterocycles. The van der Waals surface area contributed by atoms with Crippen molar-refractivity contribution >= 4 is 64.0 Å². The predicted octanol–water partition coefficient (Wildman–Crippen LogP) is 8.77. The Labute approximate surface area is 337 Å². The van der Waals surface area contributed by atoms with Crippen LogP contribution in [0.15, 0.2) is 79.4 Å². The Morgan fingerprint density at radius 3 is 1.26 bits per heavy atom. The molecule has 2 aromatic heterocycles. The summed E-state index contributed by atoms with van der Waals surface area (Å²) in [6.07, 6.45) is 0.637. The Morgan fingerprint density at radius 2 is 0.879 bits per heavy atom. The molecule has 0 fully saturated rings. The molecular formula is C43H41N15. The van der Waals surface area contributed by atoms with Crippen LogP contribution in [-0.2, 0) is 0 Å². The molecule has 0 unspecified atom stereocenters. The zero-order valence-corrected chi connectivity index (χ0v) is 32.8. The fraction of sp³-hybridized carbons (Fsp3) is 0.186. The summed E-state index contributed by atoms with van der Waals surface area (Å²) in [5.74, 6) is 1.99. The first-order chi connectivity index (χ1) is 28.0. The van der Waals surface area contributed by atoms with Crippen molar-refractivity contribution in [3.63, 3.8) is 0 Å². The lowest BCUT2D eigenvalue weighted by Crippen LogP contribution is -2.15. The average Bonchev–Trinajstić information content (AvgIpc) is 3.20. The van der Waals surface area contributed by atoms with E-state index in [-0.39, 0.29) is 0 Å². The molecule has 15 nitrogen and oxygen atoms in total. The molecule has 0 aliphatic heterocycles. The van der Waals surface area contributed by atoms with Gasteiger partial charge in [0.1, 0.15) is 0 Å². The van der Waals surface area contributed by atoms with Crippen LogP contribution < -0.4 is 31.9 Å². The minimum absolute atomic E-state index is 0.291. The summed E-state index contributed by atoms with van der Waals surface area (Å²) in [5, 5.41) is 47.6. The highest BCUT2D eigenvalue weighted by Crippen LogP contribution is 2.29. The van der Waals surface area contributed by atoms with Crippen molar-refractivity contribution < 1.29 is 0 Å². The normalized spacial score (nSPS) is 10.4. The number of hydrogen-bond donors (Lipinski definition) is 6. The Morgan fingerprint density at radius 1 is 0.517 bits per heavy atom. The minimum Gasteiger partial charge on any atom is -0.354 e. The smallest absolute Gasteiger partial charge is 0.233 e. The lowest BCUT2D eigenvalue weighted by molar-refractivity contribution is 0.877. The monoisotopic (exact) mass is 767 g/mol. The molecule has 0 aliphatic carbocycles. The largest absolute Gasteiger partial charge is 0.354 e. The van der Waals surface area contributed by atoms with Gasteiger partial charge in [0.2, 0.25) is 35.7 Å². The van der Waals surface area contributed by atoms with Gasteiger partial charge in [-0.15, -0.1) is 0 Å². The van der Waals surface area contributed by atoms with Gasteiger partial charge in [0, 0.05) is 35.8 Å². The van der Waals surface area contributed by atoms with Gasteiger partial charge in [-0.2, -0.15) is 45.7 Å². The van der Waals surface area contributed by atoms with Gasteiger partial charge >= 0.3 is 0 Å². The number of anilines is 10. The quantitative estimate of drug-likeness (QED) is 0.0425. The molecule has 58 heavy (non-hydrogen) atoms. The van der Waals surface area contributed by atoms with Crippen molar-refractivity contribution in [3.8, 4) is 18.2 Å². The average molecular weight is 768 g/mol. The maximum absolute atomic E-state index is 9.36. The van der Waals surface area contributed by atoms with E-state index < -0.39 is 0 Å². The van der Waals surface area contributed by atoms with Crippen molar-refractivity contribution in [1.82, 2.24) is 29.9 Å². The van der Waals surface area contributed by atoms with E-state index >= 15 is 0 Å². The van der Waals surface area contributed by atoms with Crippen molar-refractivity contribution in [1.29, 1.82) is 15.8 Å². The predicted molar refractivity (Wildman–Crippen MR) is 228 cm³/mol. The number of aryl methyl sites for hydroxylation is 5. The molecular weight excluding hydrogens is 727 g/mol. The number of nitrogens with one attached hydrogen (secondary N) is 6. The van der Waals surface area contributed by atoms with Gasteiger partial charge in [0.15, 0.2) is 0 Å². The Bertz CT molecular complexity index is 2550. The molecule has 288 valence electrons. The Kier molecular flexibility index (Phi) is 12.3. The van der Waals surface area contributed by atoms with Crippen LogP contribution in [0.4, 0.5) is 58.4 Å². The third-order valence-corrected chi connectivity index (χ3v) is 8.90. The molecule has 0 saturated carbocycles. The maximum atomic E-state index is 9.36. The molecule has 0 radical (unpaired) electrons. The molecule has 0 amide bonds. The molecule has 6 N–H and O–H groups in total. The number of benzene rings is 4. The molecule has 6 rings (SSSR count).